The first-order chi connectivity index (χ1) is 6.43. The maximum Gasteiger partial charge on any atom is 0.312 e. The summed E-state index contributed by atoms with van der Waals surface area (Å²) in [5.74, 6) is -0.174. The normalized spacial score (nSPS) is 27.7. The third kappa shape index (κ3) is 2.96. The number of carbonyl (C=O) groups is 1. The van der Waals surface area contributed by atoms with Gasteiger partial charge in [0.05, 0.1) is 11.5 Å². The van der Waals surface area contributed by atoms with Gasteiger partial charge < -0.3 is 9.47 Å². The van der Waals surface area contributed by atoms with E-state index in [9.17, 15) is 4.79 Å². The molecule has 1 N–H and O–H groups in total. The molecule has 1 heterocycles. The lowest BCUT2D eigenvalue weighted by molar-refractivity contribution is -0.159. The molecule has 0 aromatic carbocycles. The zero-order valence-corrected chi connectivity index (χ0v) is 9.29. The molecule has 1 saturated heterocycles. The molecule has 0 radical (unpaired) electrons. The molecule has 0 aromatic heterocycles. The highest BCUT2D eigenvalue weighted by molar-refractivity contribution is 5.75. The Morgan fingerprint density at radius 2 is 2.07 bits per heavy atom. The molecule has 0 saturated carbocycles. The molecule has 1 rings (SSSR count). The predicted octanol–water partition coefficient (Wildman–Crippen LogP) is 0.910. The van der Waals surface area contributed by atoms with Crippen LogP contribution in [0.5, 0.6) is 0 Å². The summed E-state index contributed by atoms with van der Waals surface area (Å²) >= 11 is 0. The van der Waals surface area contributed by atoms with Crippen LogP contribution in [0.2, 0.25) is 0 Å². The lowest BCUT2D eigenvalue weighted by Crippen LogP contribution is -2.33. The Balaban J connectivity index is 2.36. The van der Waals surface area contributed by atoms with Gasteiger partial charge in [-0.05, 0) is 20.8 Å². The molecule has 0 spiro atoms. The fraction of sp³-hybridized carbons (Fsp3) is 0.900. The van der Waals surface area contributed by atoms with Gasteiger partial charge in [-0.1, -0.05) is 0 Å². The molecule has 0 bridgehead atoms. The number of carbonyl (C=O) groups excluding carboxylic acids is 1. The maximum atomic E-state index is 11.5. The van der Waals surface area contributed by atoms with Crippen LogP contribution in [-0.2, 0) is 14.3 Å². The minimum atomic E-state index is -0.438. The van der Waals surface area contributed by atoms with Crippen LogP contribution < -0.4 is 5.32 Å². The molecule has 1 aliphatic heterocycles. The highest BCUT2D eigenvalue weighted by atomic mass is 16.6. The van der Waals surface area contributed by atoms with Crippen LogP contribution in [0, 0.1) is 5.41 Å². The summed E-state index contributed by atoms with van der Waals surface area (Å²) < 4.78 is 10.4. The Morgan fingerprint density at radius 3 is 2.50 bits per heavy atom. The summed E-state index contributed by atoms with van der Waals surface area (Å²) in [7, 11) is 1.67. The van der Waals surface area contributed by atoms with E-state index < -0.39 is 5.41 Å². The molecule has 0 amide bonds. The van der Waals surface area contributed by atoms with E-state index in [0.29, 0.717) is 0 Å². The van der Waals surface area contributed by atoms with E-state index in [4.69, 9.17) is 9.47 Å². The van der Waals surface area contributed by atoms with Crippen LogP contribution in [0.1, 0.15) is 27.2 Å². The Kier molecular flexibility index (Phi) is 3.50. The number of ether oxygens (including phenoxy) is 2. The Hall–Kier alpha value is -0.610. The van der Waals surface area contributed by atoms with Crippen LogP contribution in [0.25, 0.3) is 0 Å². The van der Waals surface area contributed by atoms with E-state index in [-0.39, 0.29) is 18.3 Å². The fourth-order valence-electron chi connectivity index (χ4n) is 1.24. The highest BCUT2D eigenvalue weighted by Crippen LogP contribution is 2.19. The van der Waals surface area contributed by atoms with Crippen molar-refractivity contribution in [1.82, 2.24) is 5.32 Å². The van der Waals surface area contributed by atoms with Crippen LogP contribution in [0.15, 0.2) is 0 Å². The van der Waals surface area contributed by atoms with Crippen molar-refractivity contribution in [2.45, 2.75) is 39.5 Å². The number of esters is 1. The summed E-state index contributed by atoms with van der Waals surface area (Å²) in [5, 5.41) is 3.09. The lowest BCUT2D eigenvalue weighted by atomic mass is 9.97. The number of nitrogens with one attached hydrogen (secondary N) is 1. The van der Waals surface area contributed by atoms with Gasteiger partial charge >= 0.3 is 5.97 Å². The predicted molar refractivity (Wildman–Crippen MR) is 52.8 cm³/mol. The van der Waals surface area contributed by atoms with Crippen molar-refractivity contribution < 1.29 is 14.3 Å². The summed E-state index contributed by atoms with van der Waals surface area (Å²) in [4.78, 5) is 11.5. The molecule has 1 unspecified atom stereocenters. The average molecular weight is 201 g/mol. The molecule has 0 aromatic rings. The van der Waals surface area contributed by atoms with Crippen molar-refractivity contribution in [1.29, 1.82) is 0 Å². The maximum absolute atomic E-state index is 11.5. The van der Waals surface area contributed by atoms with E-state index in [2.05, 4.69) is 5.32 Å². The highest BCUT2D eigenvalue weighted by Gasteiger charge is 2.31. The number of rotatable bonds is 2. The van der Waals surface area contributed by atoms with Crippen LogP contribution in [0.4, 0.5) is 0 Å². The van der Waals surface area contributed by atoms with Crippen molar-refractivity contribution in [3.8, 4) is 0 Å². The Labute approximate surface area is 85.0 Å². The van der Waals surface area contributed by atoms with Crippen LogP contribution in [-0.4, -0.2) is 32.0 Å². The SMILES string of the molecule is CO[C@H]1CNC(OC(=O)C(C)(C)C)C1. The first-order valence-corrected chi connectivity index (χ1v) is 4.90. The monoisotopic (exact) mass is 201 g/mol. The van der Waals surface area contributed by atoms with Crippen LogP contribution in [0.3, 0.4) is 0 Å². The summed E-state index contributed by atoms with van der Waals surface area (Å²) in [6, 6.07) is 0. The fourth-order valence-corrected chi connectivity index (χ4v) is 1.24. The molecule has 1 fully saturated rings. The van der Waals surface area contributed by atoms with Gasteiger partial charge in [-0.2, -0.15) is 0 Å². The smallest absolute Gasteiger partial charge is 0.312 e. The topological polar surface area (TPSA) is 47.6 Å². The standard InChI is InChI=1S/C10H19NO3/c1-10(2,3)9(12)14-8-5-7(13-4)6-11-8/h7-8,11H,5-6H2,1-4H3/t7-,8?/m1/s1. The minimum absolute atomic E-state index is 0.160. The zero-order valence-electron chi connectivity index (χ0n) is 9.29. The van der Waals surface area contributed by atoms with Gasteiger partial charge in [0.25, 0.3) is 0 Å². The van der Waals surface area contributed by atoms with Crippen molar-refractivity contribution in [3.05, 3.63) is 0 Å². The number of hydrogen-bond acceptors (Lipinski definition) is 4. The lowest BCUT2D eigenvalue weighted by Gasteiger charge is -2.20. The molecule has 1 aliphatic rings. The van der Waals surface area contributed by atoms with Crippen molar-refractivity contribution >= 4 is 5.97 Å². The van der Waals surface area contributed by atoms with Gasteiger partial charge in [0.2, 0.25) is 0 Å². The van der Waals surface area contributed by atoms with E-state index >= 15 is 0 Å². The van der Waals surface area contributed by atoms with Crippen molar-refractivity contribution in [2.24, 2.45) is 5.41 Å². The van der Waals surface area contributed by atoms with Crippen LogP contribution >= 0.6 is 0 Å². The van der Waals surface area contributed by atoms with Gasteiger partial charge in [0.1, 0.15) is 0 Å². The Bertz CT molecular complexity index is 210. The van der Waals surface area contributed by atoms with E-state index in [1.54, 1.807) is 7.11 Å². The second kappa shape index (κ2) is 4.28. The molecule has 2 atom stereocenters. The molecule has 4 heteroatoms. The van der Waals surface area contributed by atoms with Gasteiger partial charge in [0.15, 0.2) is 6.23 Å². The quantitative estimate of drug-likeness (QED) is 0.675. The van der Waals surface area contributed by atoms with Gasteiger partial charge in [-0.15, -0.1) is 0 Å². The summed E-state index contributed by atoms with van der Waals surface area (Å²) in [5.41, 5.74) is -0.438. The third-order valence-corrected chi connectivity index (χ3v) is 2.25. The molecule has 0 aliphatic carbocycles. The molecule has 4 nitrogen and oxygen atoms in total. The first-order valence-electron chi connectivity index (χ1n) is 4.90. The second-order valence-electron chi connectivity index (χ2n) is 4.65. The first kappa shape index (κ1) is 11.5. The van der Waals surface area contributed by atoms with E-state index in [1.807, 2.05) is 20.8 Å². The number of methoxy groups -OCH3 is 1. The molecular weight excluding hydrogens is 182 g/mol. The Morgan fingerprint density at radius 1 is 1.43 bits per heavy atom. The summed E-state index contributed by atoms with van der Waals surface area (Å²) in [6.45, 7) is 6.28. The summed E-state index contributed by atoms with van der Waals surface area (Å²) in [6.07, 6.45) is 0.706. The van der Waals surface area contributed by atoms with Gasteiger partial charge in [0, 0.05) is 20.1 Å². The van der Waals surface area contributed by atoms with Gasteiger partial charge in [-0.3, -0.25) is 10.1 Å². The molecule has 14 heavy (non-hydrogen) atoms. The third-order valence-electron chi connectivity index (χ3n) is 2.25. The van der Waals surface area contributed by atoms with E-state index in [1.165, 1.54) is 0 Å². The minimum Gasteiger partial charge on any atom is -0.446 e. The number of hydrogen-bond donors (Lipinski definition) is 1. The second-order valence-corrected chi connectivity index (χ2v) is 4.65. The van der Waals surface area contributed by atoms with E-state index in [0.717, 1.165) is 13.0 Å². The zero-order chi connectivity index (χ0) is 10.8. The molecular formula is C10H19NO3. The van der Waals surface area contributed by atoms with Crippen molar-refractivity contribution in [2.75, 3.05) is 13.7 Å². The largest absolute Gasteiger partial charge is 0.446 e. The average Bonchev–Trinajstić information content (AvgIpc) is 2.50. The molecule has 82 valence electrons. The van der Waals surface area contributed by atoms with Gasteiger partial charge in [-0.25, -0.2) is 0 Å². The van der Waals surface area contributed by atoms with Crippen molar-refractivity contribution in [3.63, 3.8) is 0 Å².